The highest BCUT2D eigenvalue weighted by molar-refractivity contribution is 8.18. The molecule has 2 fully saturated rings. The zero-order valence-electron chi connectivity index (χ0n) is 18.0. The number of hydrogen-bond donors (Lipinski definition) is 0. The van der Waals surface area contributed by atoms with Crippen LogP contribution in [0.4, 0.5) is 5.69 Å². The van der Waals surface area contributed by atoms with Gasteiger partial charge in [0.25, 0.3) is 5.91 Å². The van der Waals surface area contributed by atoms with E-state index in [1.807, 2.05) is 60.5 Å². The summed E-state index contributed by atoms with van der Waals surface area (Å²) in [5.74, 6) is 0.572. The van der Waals surface area contributed by atoms with Crippen LogP contribution in [0, 0.1) is 5.92 Å². The standard InChI is InChI=1S/C26H27N3OS/c1-18-10-6-8-14-22(18)29-25(30)24(31-26(29)27-20-11-4-3-5-12-20)16-19-17-28(2)23-15-9-7-13-21(19)23/h3-5,7,9,11-13,15-18,22H,6,8,10,14H2,1-2H3/b24-16-,27-26?/t18-,22+/m1/s1. The average molecular weight is 430 g/mol. The Hall–Kier alpha value is -2.79. The molecule has 0 N–H and O–H groups in total. The van der Waals surface area contributed by atoms with Crippen LogP contribution in [0.25, 0.3) is 17.0 Å². The highest BCUT2D eigenvalue weighted by atomic mass is 32.2. The molecule has 2 atom stereocenters. The van der Waals surface area contributed by atoms with Gasteiger partial charge in [-0.25, -0.2) is 4.99 Å². The summed E-state index contributed by atoms with van der Waals surface area (Å²) < 4.78 is 2.12. The summed E-state index contributed by atoms with van der Waals surface area (Å²) in [7, 11) is 2.05. The molecule has 2 aromatic carbocycles. The first-order valence-corrected chi connectivity index (χ1v) is 11.8. The molecular formula is C26H27N3OS. The predicted octanol–water partition coefficient (Wildman–Crippen LogP) is 6.36. The minimum Gasteiger partial charge on any atom is -0.350 e. The van der Waals surface area contributed by atoms with Crippen LogP contribution < -0.4 is 0 Å². The van der Waals surface area contributed by atoms with Gasteiger partial charge in [0.2, 0.25) is 0 Å². The molecule has 1 amide bonds. The number of carbonyl (C=O) groups is 1. The molecule has 3 aromatic rings. The lowest BCUT2D eigenvalue weighted by Gasteiger charge is -2.35. The molecule has 0 radical (unpaired) electrons. The zero-order valence-corrected chi connectivity index (χ0v) is 18.8. The number of amidine groups is 1. The zero-order chi connectivity index (χ0) is 21.4. The number of aryl methyl sites for hydroxylation is 1. The molecule has 1 aliphatic carbocycles. The number of hydrogen-bond acceptors (Lipinski definition) is 3. The lowest BCUT2D eigenvalue weighted by Crippen LogP contribution is -2.44. The fourth-order valence-corrected chi connectivity index (χ4v) is 5.82. The quantitative estimate of drug-likeness (QED) is 0.454. The van der Waals surface area contributed by atoms with Gasteiger partial charge < -0.3 is 4.57 Å². The minimum absolute atomic E-state index is 0.0892. The molecule has 2 aliphatic rings. The maximum absolute atomic E-state index is 13.6. The van der Waals surface area contributed by atoms with E-state index in [4.69, 9.17) is 4.99 Å². The first kappa shape index (κ1) is 20.1. The van der Waals surface area contributed by atoms with Gasteiger partial charge in [0, 0.05) is 35.8 Å². The third-order valence-corrected chi connectivity index (χ3v) is 7.41. The van der Waals surface area contributed by atoms with Crippen molar-refractivity contribution in [1.29, 1.82) is 0 Å². The van der Waals surface area contributed by atoms with Crippen LogP contribution in [0.3, 0.4) is 0 Å². The molecule has 4 nitrogen and oxygen atoms in total. The number of nitrogens with zero attached hydrogens (tertiary/aromatic N) is 3. The summed E-state index contributed by atoms with van der Waals surface area (Å²) in [6, 6.07) is 18.5. The molecule has 1 saturated heterocycles. The van der Waals surface area contributed by atoms with Crippen molar-refractivity contribution in [1.82, 2.24) is 9.47 Å². The van der Waals surface area contributed by atoms with Crippen molar-refractivity contribution in [2.24, 2.45) is 18.0 Å². The van der Waals surface area contributed by atoms with E-state index >= 15 is 0 Å². The first-order chi connectivity index (χ1) is 15.1. The Kier molecular flexibility index (Phi) is 5.45. The van der Waals surface area contributed by atoms with Crippen LogP contribution >= 0.6 is 11.8 Å². The molecule has 158 valence electrons. The summed E-state index contributed by atoms with van der Waals surface area (Å²) in [5.41, 5.74) is 3.13. The molecule has 0 bridgehead atoms. The number of rotatable bonds is 3. The molecule has 0 spiro atoms. The first-order valence-electron chi connectivity index (χ1n) is 11.0. The fraction of sp³-hybridized carbons (Fsp3) is 0.308. The summed E-state index contributed by atoms with van der Waals surface area (Å²) >= 11 is 1.51. The molecule has 0 unspecified atom stereocenters. The second kappa shape index (κ2) is 8.39. The summed E-state index contributed by atoms with van der Waals surface area (Å²) in [6.07, 6.45) is 8.78. The Morgan fingerprint density at radius 3 is 2.58 bits per heavy atom. The van der Waals surface area contributed by atoms with Gasteiger partial charge in [-0.05, 0) is 54.8 Å². The van der Waals surface area contributed by atoms with E-state index in [1.54, 1.807) is 0 Å². The maximum Gasteiger partial charge on any atom is 0.267 e. The Bertz CT molecular complexity index is 1180. The minimum atomic E-state index is 0.0892. The van der Waals surface area contributed by atoms with Crippen molar-refractivity contribution < 1.29 is 4.79 Å². The highest BCUT2D eigenvalue weighted by Gasteiger charge is 2.41. The summed E-state index contributed by atoms with van der Waals surface area (Å²) in [4.78, 5) is 21.3. The second-order valence-electron chi connectivity index (χ2n) is 8.56. The molecule has 5 rings (SSSR count). The number of thioether (sulfide) groups is 1. The molecule has 1 aromatic heterocycles. The number of amides is 1. The number of aromatic nitrogens is 1. The lowest BCUT2D eigenvalue weighted by atomic mass is 9.85. The van der Waals surface area contributed by atoms with Gasteiger partial charge in [-0.3, -0.25) is 9.69 Å². The SMILES string of the molecule is C[C@@H]1CCCC[C@@H]1N1C(=O)/C(=C/c2cn(C)c3ccccc23)SC1=Nc1ccccc1. The Morgan fingerprint density at radius 1 is 1.03 bits per heavy atom. The highest BCUT2D eigenvalue weighted by Crippen LogP contribution is 2.40. The van der Waals surface area contributed by atoms with Crippen LogP contribution in [-0.2, 0) is 11.8 Å². The summed E-state index contributed by atoms with van der Waals surface area (Å²) in [5, 5.41) is 1.97. The number of benzene rings is 2. The molecule has 1 aliphatic heterocycles. The molecule has 31 heavy (non-hydrogen) atoms. The topological polar surface area (TPSA) is 37.6 Å². The van der Waals surface area contributed by atoms with Crippen LogP contribution in [0.1, 0.15) is 38.2 Å². The number of aliphatic imine (C=N–C) groups is 1. The Morgan fingerprint density at radius 2 is 1.77 bits per heavy atom. The predicted molar refractivity (Wildman–Crippen MR) is 130 cm³/mol. The van der Waals surface area contributed by atoms with E-state index in [1.165, 1.54) is 36.5 Å². The van der Waals surface area contributed by atoms with Crippen LogP contribution in [0.15, 0.2) is 70.7 Å². The van der Waals surface area contributed by atoms with E-state index in [-0.39, 0.29) is 11.9 Å². The van der Waals surface area contributed by atoms with Gasteiger partial charge in [-0.2, -0.15) is 0 Å². The van der Waals surface area contributed by atoms with E-state index in [9.17, 15) is 4.79 Å². The van der Waals surface area contributed by atoms with Crippen LogP contribution in [0.2, 0.25) is 0 Å². The van der Waals surface area contributed by atoms with Crippen molar-refractivity contribution in [2.45, 2.75) is 38.6 Å². The van der Waals surface area contributed by atoms with Gasteiger partial charge >= 0.3 is 0 Å². The van der Waals surface area contributed by atoms with Gasteiger partial charge in [0.1, 0.15) is 0 Å². The fourth-order valence-electron chi connectivity index (χ4n) is 4.78. The van der Waals surface area contributed by atoms with Crippen molar-refractivity contribution >= 4 is 45.5 Å². The van der Waals surface area contributed by atoms with E-state index in [0.717, 1.165) is 33.1 Å². The largest absolute Gasteiger partial charge is 0.350 e. The van der Waals surface area contributed by atoms with Crippen LogP contribution in [-0.4, -0.2) is 26.6 Å². The Labute approximate surface area is 187 Å². The normalized spacial score (nSPS) is 24.6. The van der Waals surface area contributed by atoms with Crippen molar-refractivity contribution in [2.75, 3.05) is 0 Å². The van der Waals surface area contributed by atoms with Crippen molar-refractivity contribution in [3.8, 4) is 0 Å². The van der Waals surface area contributed by atoms with Crippen LogP contribution in [0.5, 0.6) is 0 Å². The molecule has 2 heterocycles. The van der Waals surface area contributed by atoms with Gasteiger partial charge in [-0.15, -0.1) is 0 Å². The van der Waals surface area contributed by atoms with Gasteiger partial charge in [-0.1, -0.05) is 56.2 Å². The van der Waals surface area contributed by atoms with E-state index in [2.05, 4.69) is 29.8 Å². The third-order valence-electron chi connectivity index (χ3n) is 6.43. The van der Waals surface area contributed by atoms with Crippen molar-refractivity contribution in [3.05, 3.63) is 71.3 Å². The van der Waals surface area contributed by atoms with Crippen molar-refractivity contribution in [3.63, 3.8) is 0 Å². The lowest BCUT2D eigenvalue weighted by molar-refractivity contribution is -0.124. The number of fused-ring (bicyclic) bond motifs is 1. The average Bonchev–Trinajstić information content (AvgIpc) is 3.26. The summed E-state index contributed by atoms with van der Waals surface area (Å²) in [6.45, 7) is 2.27. The number of carbonyl (C=O) groups excluding carboxylic acids is 1. The maximum atomic E-state index is 13.6. The van der Waals surface area contributed by atoms with Gasteiger partial charge in [0.05, 0.1) is 10.6 Å². The third kappa shape index (κ3) is 3.83. The molecular weight excluding hydrogens is 402 g/mol. The van der Waals surface area contributed by atoms with Gasteiger partial charge in [0.15, 0.2) is 5.17 Å². The number of para-hydroxylation sites is 2. The smallest absolute Gasteiger partial charge is 0.267 e. The Balaban J connectivity index is 1.57. The molecule has 1 saturated carbocycles. The second-order valence-corrected chi connectivity index (χ2v) is 9.57. The van der Waals surface area contributed by atoms with E-state index in [0.29, 0.717) is 5.92 Å². The molecule has 5 heteroatoms. The monoisotopic (exact) mass is 429 g/mol. The van der Waals surface area contributed by atoms with E-state index < -0.39 is 0 Å².